The summed E-state index contributed by atoms with van der Waals surface area (Å²) in [5.41, 5.74) is 0.690. The van der Waals surface area contributed by atoms with E-state index in [1.54, 1.807) is 31.4 Å². The van der Waals surface area contributed by atoms with Gasteiger partial charge in [-0.15, -0.1) is 0 Å². The lowest BCUT2D eigenvalue weighted by Gasteiger charge is -2.23. The molecule has 0 aliphatic carbocycles. The molecule has 1 atom stereocenters. The Morgan fingerprint density at radius 2 is 2.00 bits per heavy atom. The number of amides is 1. The molecule has 2 rings (SSSR count). The molecule has 20 heavy (non-hydrogen) atoms. The lowest BCUT2D eigenvalue weighted by atomic mass is 10.1. The van der Waals surface area contributed by atoms with Gasteiger partial charge >= 0.3 is 0 Å². The van der Waals surface area contributed by atoms with Crippen molar-refractivity contribution in [3.63, 3.8) is 0 Å². The van der Waals surface area contributed by atoms with Gasteiger partial charge in [-0.25, -0.2) is 0 Å². The summed E-state index contributed by atoms with van der Waals surface area (Å²) >= 11 is 5.86. The van der Waals surface area contributed by atoms with Crippen molar-refractivity contribution >= 4 is 17.5 Å². The third-order valence-electron chi connectivity index (χ3n) is 3.58. The van der Waals surface area contributed by atoms with Crippen LogP contribution in [0.3, 0.4) is 0 Å². The van der Waals surface area contributed by atoms with Crippen LogP contribution in [0.25, 0.3) is 0 Å². The maximum absolute atomic E-state index is 12.5. The van der Waals surface area contributed by atoms with Crippen LogP contribution in [0.4, 0.5) is 0 Å². The number of benzene rings is 1. The topological polar surface area (TPSA) is 32.8 Å². The van der Waals surface area contributed by atoms with E-state index in [4.69, 9.17) is 16.3 Å². The molecule has 0 bridgehead atoms. The number of hydrogen-bond acceptors (Lipinski definition) is 3. The first kappa shape index (κ1) is 15.3. The maximum Gasteiger partial charge on any atom is 0.253 e. The van der Waals surface area contributed by atoms with Crippen LogP contribution >= 0.6 is 11.6 Å². The minimum atomic E-state index is 0.0677. The van der Waals surface area contributed by atoms with Crippen LogP contribution in [0.2, 0.25) is 5.02 Å². The number of hydrogen-bond donors (Lipinski definition) is 0. The molecule has 1 amide bonds. The average molecular weight is 297 g/mol. The van der Waals surface area contributed by atoms with E-state index in [-0.39, 0.29) is 5.91 Å². The predicted octanol–water partition coefficient (Wildman–Crippen LogP) is 1.99. The molecule has 1 aliphatic heterocycles. The number of carbonyl (C=O) groups excluding carboxylic acids is 1. The molecule has 0 aromatic heterocycles. The van der Waals surface area contributed by atoms with Crippen molar-refractivity contribution in [2.24, 2.45) is 5.92 Å². The van der Waals surface area contributed by atoms with Crippen molar-refractivity contribution in [2.75, 3.05) is 46.9 Å². The lowest BCUT2D eigenvalue weighted by molar-refractivity contribution is 0.0707. The molecule has 0 saturated carbocycles. The predicted molar refractivity (Wildman–Crippen MR) is 80.2 cm³/mol. The Kier molecular flexibility index (Phi) is 5.40. The fourth-order valence-electron chi connectivity index (χ4n) is 2.58. The summed E-state index contributed by atoms with van der Waals surface area (Å²) in [4.78, 5) is 16.7. The van der Waals surface area contributed by atoms with Crippen molar-refractivity contribution in [2.45, 2.75) is 0 Å². The third kappa shape index (κ3) is 3.95. The number of rotatable bonds is 3. The van der Waals surface area contributed by atoms with E-state index in [1.165, 1.54) is 0 Å². The minimum absolute atomic E-state index is 0.0677. The van der Waals surface area contributed by atoms with Gasteiger partial charge in [0.05, 0.1) is 6.61 Å². The van der Waals surface area contributed by atoms with Crippen LogP contribution in [-0.2, 0) is 4.74 Å². The van der Waals surface area contributed by atoms with Gasteiger partial charge in [-0.3, -0.25) is 4.79 Å². The number of nitrogens with zero attached hydrogens (tertiary/aromatic N) is 2. The van der Waals surface area contributed by atoms with Crippen LogP contribution in [0.15, 0.2) is 24.3 Å². The Morgan fingerprint density at radius 1 is 1.30 bits per heavy atom. The first-order valence-electron chi connectivity index (χ1n) is 6.82. The highest BCUT2D eigenvalue weighted by atomic mass is 35.5. The van der Waals surface area contributed by atoms with Gasteiger partial charge in [0.25, 0.3) is 5.91 Å². The Hall–Kier alpha value is -1.10. The van der Waals surface area contributed by atoms with Gasteiger partial charge in [-0.05, 0) is 31.3 Å². The molecule has 1 aromatic carbocycles. The zero-order valence-corrected chi connectivity index (χ0v) is 12.8. The van der Waals surface area contributed by atoms with Gasteiger partial charge < -0.3 is 14.5 Å². The van der Waals surface area contributed by atoms with E-state index in [0.29, 0.717) is 23.1 Å². The second-order valence-corrected chi connectivity index (χ2v) is 5.78. The van der Waals surface area contributed by atoms with Gasteiger partial charge in [0, 0.05) is 49.8 Å². The molecule has 0 N–H and O–H groups in total. The monoisotopic (exact) mass is 296 g/mol. The van der Waals surface area contributed by atoms with Gasteiger partial charge in [0.15, 0.2) is 0 Å². The molecule has 0 radical (unpaired) electrons. The van der Waals surface area contributed by atoms with Gasteiger partial charge in [-0.2, -0.15) is 0 Å². The second kappa shape index (κ2) is 7.07. The van der Waals surface area contributed by atoms with E-state index in [9.17, 15) is 4.79 Å². The normalized spacial score (nSPS) is 20.8. The Bertz CT molecular complexity index is 450. The molecule has 0 spiro atoms. The first-order valence-corrected chi connectivity index (χ1v) is 7.20. The summed E-state index contributed by atoms with van der Waals surface area (Å²) in [5.74, 6) is 0.418. The van der Waals surface area contributed by atoms with Gasteiger partial charge in [0.1, 0.15) is 0 Å². The van der Waals surface area contributed by atoms with Crippen LogP contribution in [-0.4, -0.2) is 62.7 Å². The molecule has 1 fully saturated rings. The number of likely N-dealkylation sites (N-methyl/N-ethyl adjacent to an activating group) is 1. The van der Waals surface area contributed by atoms with Crippen LogP contribution in [0.1, 0.15) is 10.4 Å². The molecular formula is C15H21ClN2O2. The summed E-state index contributed by atoms with van der Waals surface area (Å²) < 4.78 is 5.25. The fraction of sp³-hybridized carbons (Fsp3) is 0.533. The SMILES string of the molecule is COCC1CN(C)CCN(C(=O)c2ccc(Cl)cc2)C1. The average Bonchev–Trinajstić information content (AvgIpc) is 2.61. The van der Waals surface area contributed by atoms with Gasteiger partial charge in [-0.1, -0.05) is 11.6 Å². The standard InChI is InChI=1S/C15H21ClN2O2/c1-17-7-8-18(10-12(9-17)11-20-2)15(19)13-3-5-14(16)6-4-13/h3-6,12H,7-11H2,1-2H3. The molecule has 1 saturated heterocycles. The van der Waals surface area contributed by atoms with Crippen molar-refractivity contribution in [3.05, 3.63) is 34.9 Å². The Labute approximate surface area is 125 Å². The zero-order chi connectivity index (χ0) is 14.5. The Morgan fingerprint density at radius 3 is 2.65 bits per heavy atom. The Balaban J connectivity index is 2.09. The highest BCUT2D eigenvalue weighted by Gasteiger charge is 2.24. The highest BCUT2D eigenvalue weighted by molar-refractivity contribution is 6.30. The van der Waals surface area contributed by atoms with Gasteiger partial charge in [0.2, 0.25) is 0 Å². The first-order chi connectivity index (χ1) is 9.60. The van der Waals surface area contributed by atoms with Crippen molar-refractivity contribution < 1.29 is 9.53 Å². The molecule has 1 aliphatic rings. The van der Waals surface area contributed by atoms with E-state index in [2.05, 4.69) is 11.9 Å². The minimum Gasteiger partial charge on any atom is -0.384 e. The van der Waals surface area contributed by atoms with Crippen LogP contribution in [0, 0.1) is 5.92 Å². The summed E-state index contributed by atoms with van der Waals surface area (Å²) in [5, 5.41) is 0.648. The number of carbonyl (C=O) groups is 1. The van der Waals surface area contributed by atoms with E-state index < -0.39 is 0 Å². The highest BCUT2D eigenvalue weighted by Crippen LogP contribution is 2.15. The maximum atomic E-state index is 12.5. The van der Waals surface area contributed by atoms with Crippen molar-refractivity contribution in [1.29, 1.82) is 0 Å². The summed E-state index contributed by atoms with van der Waals surface area (Å²) in [6, 6.07) is 7.08. The van der Waals surface area contributed by atoms with Crippen molar-refractivity contribution in [1.82, 2.24) is 9.80 Å². The van der Waals surface area contributed by atoms with E-state index in [1.807, 2.05) is 4.90 Å². The lowest BCUT2D eigenvalue weighted by Crippen LogP contribution is -2.36. The summed E-state index contributed by atoms with van der Waals surface area (Å²) in [6.45, 7) is 4.00. The van der Waals surface area contributed by atoms with E-state index >= 15 is 0 Å². The zero-order valence-electron chi connectivity index (χ0n) is 12.0. The quantitative estimate of drug-likeness (QED) is 0.855. The smallest absolute Gasteiger partial charge is 0.253 e. The molecule has 1 unspecified atom stereocenters. The molecular weight excluding hydrogens is 276 g/mol. The molecule has 1 heterocycles. The van der Waals surface area contributed by atoms with Crippen LogP contribution < -0.4 is 0 Å². The van der Waals surface area contributed by atoms with Crippen LogP contribution in [0.5, 0.6) is 0 Å². The number of ether oxygens (including phenoxy) is 1. The summed E-state index contributed by atoms with van der Waals surface area (Å²) in [7, 11) is 3.79. The largest absolute Gasteiger partial charge is 0.384 e. The van der Waals surface area contributed by atoms with E-state index in [0.717, 1.165) is 26.2 Å². The molecule has 5 heteroatoms. The number of halogens is 1. The second-order valence-electron chi connectivity index (χ2n) is 5.34. The molecule has 110 valence electrons. The summed E-state index contributed by atoms with van der Waals surface area (Å²) in [6.07, 6.45) is 0. The molecule has 1 aromatic rings. The molecule has 4 nitrogen and oxygen atoms in total. The number of methoxy groups -OCH3 is 1. The van der Waals surface area contributed by atoms with Crippen molar-refractivity contribution in [3.8, 4) is 0 Å². The fourth-order valence-corrected chi connectivity index (χ4v) is 2.71. The third-order valence-corrected chi connectivity index (χ3v) is 3.83.